The highest BCUT2D eigenvalue weighted by Gasteiger charge is 2.21. The van der Waals surface area contributed by atoms with Gasteiger partial charge in [-0.05, 0) is 47.8 Å². The zero-order valence-corrected chi connectivity index (χ0v) is 13.3. The van der Waals surface area contributed by atoms with Crippen LogP contribution >= 0.6 is 11.6 Å². The van der Waals surface area contributed by atoms with Crippen LogP contribution in [-0.2, 0) is 0 Å². The van der Waals surface area contributed by atoms with Crippen LogP contribution in [0.2, 0.25) is 5.02 Å². The van der Waals surface area contributed by atoms with Crippen molar-refractivity contribution in [2.45, 2.75) is 19.8 Å². The molecular formula is C15H15ClN6O. The smallest absolute Gasteiger partial charge is 0.245 e. The summed E-state index contributed by atoms with van der Waals surface area (Å²) in [5, 5.41) is 11.6. The number of nitrogens with one attached hydrogen (secondary N) is 1. The number of halogens is 1. The van der Waals surface area contributed by atoms with Crippen LogP contribution in [0.15, 0.2) is 22.8 Å². The Morgan fingerprint density at radius 2 is 1.87 bits per heavy atom. The fourth-order valence-electron chi connectivity index (χ4n) is 2.67. The quantitative estimate of drug-likeness (QED) is 0.789. The Bertz CT molecular complexity index is 858. The van der Waals surface area contributed by atoms with Gasteiger partial charge in [0.1, 0.15) is 0 Å². The molecule has 3 heterocycles. The molecule has 0 spiro atoms. The number of hydrogen-bond donors (Lipinski definition) is 1. The molecule has 0 aliphatic carbocycles. The van der Waals surface area contributed by atoms with Crippen molar-refractivity contribution < 1.29 is 4.63 Å². The Hall–Kier alpha value is -2.41. The Morgan fingerprint density at radius 3 is 2.61 bits per heavy atom. The molecule has 1 aliphatic rings. The number of anilines is 3. The van der Waals surface area contributed by atoms with Crippen LogP contribution in [0.25, 0.3) is 11.3 Å². The summed E-state index contributed by atoms with van der Waals surface area (Å²) in [4.78, 5) is 11.2. The lowest BCUT2D eigenvalue weighted by Crippen LogP contribution is -2.21. The molecule has 1 aliphatic heterocycles. The van der Waals surface area contributed by atoms with Gasteiger partial charge in [-0.25, -0.2) is 14.6 Å². The van der Waals surface area contributed by atoms with E-state index in [1.807, 2.05) is 25.1 Å². The van der Waals surface area contributed by atoms with Crippen molar-refractivity contribution in [3.05, 3.63) is 28.8 Å². The lowest BCUT2D eigenvalue weighted by molar-refractivity contribution is 0.314. The van der Waals surface area contributed by atoms with Crippen molar-refractivity contribution in [2.24, 2.45) is 0 Å². The molecule has 8 heteroatoms. The zero-order valence-electron chi connectivity index (χ0n) is 12.6. The third-order valence-electron chi connectivity index (χ3n) is 3.94. The van der Waals surface area contributed by atoms with Crippen LogP contribution in [0.3, 0.4) is 0 Å². The van der Waals surface area contributed by atoms with E-state index in [4.69, 9.17) is 16.2 Å². The monoisotopic (exact) mass is 330 g/mol. The Balaban J connectivity index is 1.76. The first kappa shape index (κ1) is 14.2. The van der Waals surface area contributed by atoms with E-state index in [2.05, 4.69) is 30.5 Å². The Morgan fingerprint density at radius 1 is 1.13 bits per heavy atom. The first-order valence-corrected chi connectivity index (χ1v) is 7.87. The predicted octanol–water partition coefficient (Wildman–Crippen LogP) is 3.32. The van der Waals surface area contributed by atoms with Crippen molar-refractivity contribution in [2.75, 3.05) is 23.3 Å². The molecule has 1 aromatic carbocycles. The first-order chi connectivity index (χ1) is 11.2. The number of fused-ring (bicyclic) bond motifs is 1. The summed E-state index contributed by atoms with van der Waals surface area (Å²) in [6.07, 6.45) is 2.29. The lowest BCUT2D eigenvalue weighted by Gasteiger charge is -2.19. The molecule has 4 rings (SSSR count). The minimum absolute atomic E-state index is 0.383. The second-order valence-corrected chi connectivity index (χ2v) is 6.00. The summed E-state index contributed by atoms with van der Waals surface area (Å²) in [5.41, 5.74) is 2.68. The van der Waals surface area contributed by atoms with Crippen LogP contribution in [0.4, 0.5) is 17.3 Å². The van der Waals surface area contributed by atoms with E-state index in [-0.39, 0.29) is 0 Å². The maximum atomic E-state index is 6.20. The van der Waals surface area contributed by atoms with Gasteiger partial charge >= 0.3 is 0 Å². The molecule has 7 nitrogen and oxygen atoms in total. The van der Waals surface area contributed by atoms with Gasteiger partial charge in [-0.2, -0.15) is 0 Å². The van der Waals surface area contributed by atoms with Gasteiger partial charge in [-0.15, -0.1) is 0 Å². The molecule has 0 unspecified atom stereocenters. The molecule has 2 aromatic heterocycles. The van der Waals surface area contributed by atoms with Gasteiger partial charge in [0, 0.05) is 23.8 Å². The van der Waals surface area contributed by atoms with E-state index in [0.717, 1.165) is 43.0 Å². The average Bonchev–Trinajstić information content (AvgIpc) is 3.21. The zero-order chi connectivity index (χ0) is 15.8. The fraction of sp³-hybridized carbons (Fsp3) is 0.333. The normalized spacial score (nSPS) is 14.6. The molecule has 0 amide bonds. The molecule has 1 fully saturated rings. The Kier molecular flexibility index (Phi) is 3.49. The first-order valence-electron chi connectivity index (χ1n) is 7.49. The largest absolute Gasteiger partial charge is 0.353 e. The molecule has 0 bridgehead atoms. The molecule has 118 valence electrons. The summed E-state index contributed by atoms with van der Waals surface area (Å²) >= 11 is 6.20. The molecule has 3 aromatic rings. The lowest BCUT2D eigenvalue weighted by atomic mass is 10.2. The third-order valence-corrected chi connectivity index (χ3v) is 4.34. The predicted molar refractivity (Wildman–Crippen MR) is 88.3 cm³/mol. The number of hydrogen-bond acceptors (Lipinski definition) is 7. The van der Waals surface area contributed by atoms with Gasteiger partial charge in [-0.1, -0.05) is 17.7 Å². The van der Waals surface area contributed by atoms with Gasteiger partial charge in [0.2, 0.25) is 11.3 Å². The van der Waals surface area contributed by atoms with E-state index in [9.17, 15) is 0 Å². The minimum Gasteiger partial charge on any atom is -0.353 e. The van der Waals surface area contributed by atoms with E-state index >= 15 is 0 Å². The van der Waals surface area contributed by atoms with Gasteiger partial charge in [-0.3, -0.25) is 0 Å². The molecule has 0 atom stereocenters. The van der Waals surface area contributed by atoms with E-state index in [1.54, 1.807) is 0 Å². The van der Waals surface area contributed by atoms with Crippen LogP contribution in [0.5, 0.6) is 0 Å². The van der Waals surface area contributed by atoms with Gasteiger partial charge in [0.25, 0.3) is 0 Å². The number of rotatable bonds is 3. The van der Waals surface area contributed by atoms with Crippen LogP contribution in [-0.4, -0.2) is 33.4 Å². The van der Waals surface area contributed by atoms with Crippen LogP contribution < -0.4 is 10.2 Å². The number of aryl methyl sites for hydroxylation is 1. The molecular weight excluding hydrogens is 316 g/mol. The summed E-state index contributed by atoms with van der Waals surface area (Å²) in [7, 11) is 0. The standard InChI is InChI=1S/C15H15ClN6O/c1-9-4-5-10(8-11(9)16)17-14-15(22-6-2-3-7-22)19-13-12(18-14)20-23-21-13/h4-5,8H,2-3,6-7H2,1H3,(H,17,18,20). The number of aromatic nitrogens is 4. The highest BCUT2D eigenvalue weighted by molar-refractivity contribution is 6.31. The minimum atomic E-state index is 0.383. The maximum Gasteiger partial charge on any atom is 0.245 e. The second-order valence-electron chi connectivity index (χ2n) is 5.59. The van der Waals surface area contributed by atoms with Crippen molar-refractivity contribution in [3.8, 4) is 0 Å². The number of benzene rings is 1. The highest BCUT2D eigenvalue weighted by Crippen LogP contribution is 2.30. The van der Waals surface area contributed by atoms with Gasteiger partial charge in [0.15, 0.2) is 11.6 Å². The van der Waals surface area contributed by atoms with Crippen molar-refractivity contribution >= 4 is 40.2 Å². The highest BCUT2D eigenvalue weighted by atomic mass is 35.5. The van der Waals surface area contributed by atoms with Gasteiger partial charge < -0.3 is 10.2 Å². The molecule has 1 saturated heterocycles. The third kappa shape index (κ3) is 2.68. The van der Waals surface area contributed by atoms with Gasteiger partial charge in [0.05, 0.1) is 0 Å². The van der Waals surface area contributed by atoms with Crippen molar-refractivity contribution in [3.63, 3.8) is 0 Å². The van der Waals surface area contributed by atoms with Crippen molar-refractivity contribution in [1.82, 2.24) is 20.3 Å². The fourth-order valence-corrected chi connectivity index (χ4v) is 2.85. The molecule has 0 radical (unpaired) electrons. The van der Waals surface area contributed by atoms with E-state index in [0.29, 0.717) is 22.1 Å². The van der Waals surface area contributed by atoms with E-state index in [1.165, 1.54) is 0 Å². The summed E-state index contributed by atoms with van der Waals surface area (Å²) in [6, 6.07) is 5.79. The second kappa shape index (κ2) is 5.66. The average molecular weight is 331 g/mol. The molecule has 1 N–H and O–H groups in total. The van der Waals surface area contributed by atoms with Crippen LogP contribution in [0, 0.1) is 6.92 Å². The summed E-state index contributed by atoms with van der Waals surface area (Å²) in [5.74, 6) is 1.40. The Labute approximate surface area is 137 Å². The topological polar surface area (TPSA) is 80.0 Å². The molecule has 0 saturated carbocycles. The van der Waals surface area contributed by atoms with Crippen LogP contribution in [0.1, 0.15) is 18.4 Å². The number of nitrogens with zero attached hydrogens (tertiary/aromatic N) is 5. The SMILES string of the molecule is Cc1ccc(Nc2nc3nonc3nc2N2CCCC2)cc1Cl. The van der Waals surface area contributed by atoms with E-state index < -0.39 is 0 Å². The summed E-state index contributed by atoms with van der Waals surface area (Å²) in [6.45, 7) is 3.87. The molecule has 23 heavy (non-hydrogen) atoms. The van der Waals surface area contributed by atoms with Crippen molar-refractivity contribution in [1.29, 1.82) is 0 Å². The maximum absolute atomic E-state index is 6.20. The summed E-state index contributed by atoms with van der Waals surface area (Å²) < 4.78 is 4.73.